The highest BCUT2D eigenvalue weighted by Crippen LogP contribution is 2.13. The fraction of sp³-hybridized carbons (Fsp3) is 0.438. The molecule has 108 valence electrons. The highest BCUT2D eigenvalue weighted by molar-refractivity contribution is 6.05. The van der Waals surface area contributed by atoms with Crippen molar-refractivity contribution in [2.24, 2.45) is 11.8 Å². The number of benzene rings is 1. The van der Waals surface area contributed by atoms with Gasteiger partial charge in [0.1, 0.15) is 5.78 Å². The first-order valence-electron chi connectivity index (χ1n) is 6.78. The van der Waals surface area contributed by atoms with Crippen molar-refractivity contribution in [1.29, 1.82) is 0 Å². The summed E-state index contributed by atoms with van der Waals surface area (Å²) < 4.78 is 0. The summed E-state index contributed by atoms with van der Waals surface area (Å²) in [4.78, 5) is 34.9. The molecule has 0 aliphatic rings. The molecule has 0 aliphatic heterocycles. The van der Waals surface area contributed by atoms with Crippen LogP contribution in [0.15, 0.2) is 24.3 Å². The Hall–Kier alpha value is -1.97. The molecule has 0 atom stereocenters. The molecule has 4 heteroatoms. The van der Waals surface area contributed by atoms with E-state index in [-0.39, 0.29) is 35.7 Å². The zero-order valence-corrected chi connectivity index (χ0v) is 12.4. The number of carbonyl (C=O) groups excluding carboxylic acids is 3. The Labute approximate surface area is 119 Å². The van der Waals surface area contributed by atoms with Crippen molar-refractivity contribution in [3.8, 4) is 0 Å². The lowest BCUT2D eigenvalue weighted by Gasteiger charge is -2.08. The molecule has 1 rings (SSSR count). The van der Waals surface area contributed by atoms with Crippen molar-refractivity contribution in [3.63, 3.8) is 0 Å². The number of hydrogen-bond donors (Lipinski definition) is 1. The van der Waals surface area contributed by atoms with E-state index in [1.54, 1.807) is 38.1 Å². The van der Waals surface area contributed by atoms with Gasteiger partial charge in [0.2, 0.25) is 5.91 Å². The van der Waals surface area contributed by atoms with Crippen LogP contribution in [0.2, 0.25) is 0 Å². The predicted molar refractivity (Wildman–Crippen MR) is 78.7 cm³/mol. The Morgan fingerprint density at radius 2 is 1.50 bits per heavy atom. The van der Waals surface area contributed by atoms with Crippen LogP contribution in [0.3, 0.4) is 0 Å². The summed E-state index contributed by atoms with van der Waals surface area (Å²) in [5.41, 5.74) is 1.21. The van der Waals surface area contributed by atoms with Gasteiger partial charge in [0, 0.05) is 23.1 Å². The average Bonchev–Trinajstić information content (AvgIpc) is 2.38. The monoisotopic (exact) mass is 275 g/mol. The molecule has 0 spiro atoms. The quantitative estimate of drug-likeness (QED) is 0.641. The maximum atomic E-state index is 11.8. The number of anilines is 1. The minimum atomic E-state index is -0.327. The van der Waals surface area contributed by atoms with Crippen LogP contribution in [0.4, 0.5) is 5.69 Å². The maximum absolute atomic E-state index is 11.8. The number of nitrogens with one attached hydrogen (secondary N) is 1. The molecule has 1 aromatic rings. The third-order valence-electron chi connectivity index (χ3n) is 2.96. The molecule has 0 radical (unpaired) electrons. The number of hydrogen-bond acceptors (Lipinski definition) is 3. The Balaban J connectivity index is 2.64. The smallest absolute Gasteiger partial charge is 0.231 e. The van der Waals surface area contributed by atoms with Gasteiger partial charge in [-0.3, -0.25) is 14.4 Å². The fourth-order valence-electron chi connectivity index (χ4n) is 1.62. The standard InChI is InChI=1S/C16H21NO3/c1-10(2)14(18)9-15(19)17-13-7-5-12(6-8-13)16(20)11(3)4/h5-8,10-11H,9H2,1-4H3,(H,17,19). The first-order valence-corrected chi connectivity index (χ1v) is 6.78. The predicted octanol–water partition coefficient (Wildman–Crippen LogP) is 3.08. The van der Waals surface area contributed by atoms with Gasteiger partial charge in [-0.05, 0) is 24.3 Å². The first kappa shape index (κ1) is 16.1. The van der Waals surface area contributed by atoms with E-state index in [9.17, 15) is 14.4 Å². The largest absolute Gasteiger partial charge is 0.326 e. The summed E-state index contributed by atoms with van der Waals surface area (Å²) in [6, 6.07) is 6.71. The molecule has 0 saturated carbocycles. The molecule has 0 fully saturated rings. The van der Waals surface area contributed by atoms with Crippen LogP contribution in [0.25, 0.3) is 0 Å². The van der Waals surface area contributed by atoms with Gasteiger partial charge in [0.15, 0.2) is 5.78 Å². The van der Waals surface area contributed by atoms with Gasteiger partial charge in [0.25, 0.3) is 0 Å². The Morgan fingerprint density at radius 3 is 1.95 bits per heavy atom. The van der Waals surface area contributed by atoms with E-state index in [1.807, 2.05) is 13.8 Å². The van der Waals surface area contributed by atoms with Crippen molar-refractivity contribution >= 4 is 23.2 Å². The van der Waals surface area contributed by atoms with E-state index in [2.05, 4.69) is 5.32 Å². The summed E-state index contributed by atoms with van der Waals surface area (Å²) >= 11 is 0. The van der Waals surface area contributed by atoms with Crippen molar-refractivity contribution < 1.29 is 14.4 Å². The number of amides is 1. The number of rotatable bonds is 6. The van der Waals surface area contributed by atoms with Gasteiger partial charge >= 0.3 is 0 Å². The van der Waals surface area contributed by atoms with Gasteiger partial charge in [-0.15, -0.1) is 0 Å². The molecule has 0 aromatic heterocycles. The van der Waals surface area contributed by atoms with Crippen molar-refractivity contribution in [3.05, 3.63) is 29.8 Å². The van der Waals surface area contributed by atoms with Crippen molar-refractivity contribution in [1.82, 2.24) is 0 Å². The van der Waals surface area contributed by atoms with Crippen LogP contribution >= 0.6 is 0 Å². The lowest BCUT2D eigenvalue weighted by molar-refractivity contribution is -0.127. The van der Waals surface area contributed by atoms with Gasteiger partial charge in [-0.25, -0.2) is 0 Å². The van der Waals surface area contributed by atoms with Gasteiger partial charge < -0.3 is 5.32 Å². The molecular formula is C16H21NO3. The van der Waals surface area contributed by atoms with Crippen LogP contribution in [-0.4, -0.2) is 17.5 Å². The van der Waals surface area contributed by atoms with Crippen LogP contribution in [-0.2, 0) is 9.59 Å². The topological polar surface area (TPSA) is 63.2 Å². The summed E-state index contributed by atoms with van der Waals surface area (Å²) in [7, 11) is 0. The molecule has 0 saturated heterocycles. The first-order chi connectivity index (χ1) is 9.31. The van der Waals surface area contributed by atoms with E-state index in [0.717, 1.165) is 0 Å². The Bertz CT molecular complexity index is 501. The van der Waals surface area contributed by atoms with Gasteiger partial charge in [0.05, 0.1) is 6.42 Å². The van der Waals surface area contributed by atoms with Gasteiger partial charge in [-0.2, -0.15) is 0 Å². The molecule has 4 nitrogen and oxygen atoms in total. The average molecular weight is 275 g/mol. The third kappa shape index (κ3) is 4.61. The zero-order valence-electron chi connectivity index (χ0n) is 12.4. The summed E-state index contributed by atoms with van der Waals surface area (Å²) in [6.07, 6.45) is -0.121. The van der Waals surface area contributed by atoms with E-state index >= 15 is 0 Å². The molecular weight excluding hydrogens is 254 g/mol. The second-order valence-electron chi connectivity index (χ2n) is 5.44. The highest BCUT2D eigenvalue weighted by Gasteiger charge is 2.14. The maximum Gasteiger partial charge on any atom is 0.231 e. The van der Waals surface area contributed by atoms with E-state index in [1.165, 1.54) is 0 Å². The molecule has 20 heavy (non-hydrogen) atoms. The molecule has 1 aromatic carbocycles. The van der Waals surface area contributed by atoms with Gasteiger partial charge in [-0.1, -0.05) is 27.7 Å². The second kappa shape index (κ2) is 6.98. The van der Waals surface area contributed by atoms with Crippen LogP contribution < -0.4 is 5.32 Å². The zero-order chi connectivity index (χ0) is 15.3. The minimum absolute atomic E-state index is 0.0564. The SMILES string of the molecule is CC(C)C(=O)CC(=O)Nc1ccc(C(=O)C(C)C)cc1. The van der Waals surface area contributed by atoms with E-state index in [0.29, 0.717) is 11.3 Å². The third-order valence-corrected chi connectivity index (χ3v) is 2.96. The van der Waals surface area contributed by atoms with Crippen LogP contribution in [0.5, 0.6) is 0 Å². The second-order valence-corrected chi connectivity index (χ2v) is 5.44. The van der Waals surface area contributed by atoms with Crippen LogP contribution in [0.1, 0.15) is 44.5 Å². The number of Topliss-reactive ketones (excluding diaryl/α,β-unsaturated/α-hetero) is 2. The normalized spacial score (nSPS) is 10.7. The molecule has 0 aliphatic carbocycles. The summed E-state index contributed by atoms with van der Waals surface area (Å²) in [6.45, 7) is 7.22. The molecule has 1 amide bonds. The number of ketones is 2. The number of carbonyl (C=O) groups is 3. The Morgan fingerprint density at radius 1 is 0.950 bits per heavy atom. The molecule has 0 bridgehead atoms. The van der Waals surface area contributed by atoms with Crippen molar-refractivity contribution in [2.45, 2.75) is 34.1 Å². The lowest BCUT2D eigenvalue weighted by atomic mass is 10.0. The van der Waals surface area contributed by atoms with E-state index in [4.69, 9.17) is 0 Å². The summed E-state index contributed by atoms with van der Waals surface area (Å²) in [5, 5.41) is 2.65. The molecule has 1 N–H and O–H groups in total. The highest BCUT2D eigenvalue weighted by atomic mass is 16.2. The van der Waals surface area contributed by atoms with Crippen LogP contribution in [0, 0.1) is 11.8 Å². The minimum Gasteiger partial charge on any atom is -0.326 e. The summed E-state index contributed by atoms with van der Waals surface area (Å²) in [5.74, 6) is -0.551. The molecule has 0 heterocycles. The Kier molecular flexibility index (Phi) is 5.62. The van der Waals surface area contributed by atoms with Crippen molar-refractivity contribution in [2.75, 3.05) is 5.32 Å². The fourth-order valence-corrected chi connectivity index (χ4v) is 1.62. The molecule has 0 unspecified atom stereocenters. The van der Waals surface area contributed by atoms with E-state index < -0.39 is 0 Å². The lowest BCUT2D eigenvalue weighted by Crippen LogP contribution is -2.19.